The van der Waals surface area contributed by atoms with E-state index in [0.29, 0.717) is 17.6 Å². The smallest absolute Gasteiger partial charge is 0.277 e. The van der Waals surface area contributed by atoms with Gasteiger partial charge in [0.15, 0.2) is 11.5 Å². The second-order valence-corrected chi connectivity index (χ2v) is 7.24. The van der Waals surface area contributed by atoms with E-state index in [2.05, 4.69) is 4.99 Å². The molecular formula is C22H29F2N5O. The zero-order valence-electron chi connectivity index (χ0n) is 17.5. The Kier molecular flexibility index (Phi) is 7.48. The molecule has 6 nitrogen and oxygen atoms in total. The fourth-order valence-electron chi connectivity index (χ4n) is 3.64. The average Bonchev–Trinajstić information content (AvgIpc) is 2.97. The number of amides is 1. The number of rotatable bonds is 9. The van der Waals surface area contributed by atoms with Crippen LogP contribution in [0.15, 0.2) is 52.7 Å². The molecule has 5 N–H and O–H groups in total. The van der Waals surface area contributed by atoms with Crippen LogP contribution >= 0.6 is 0 Å². The van der Waals surface area contributed by atoms with Gasteiger partial charge in [0, 0.05) is 19.2 Å². The largest absolute Gasteiger partial charge is 0.397 e. The molecule has 2 unspecified atom stereocenters. The van der Waals surface area contributed by atoms with Crippen LogP contribution in [-0.2, 0) is 10.3 Å². The first kappa shape index (κ1) is 23.3. The molecular weight excluding hydrogens is 388 g/mol. The van der Waals surface area contributed by atoms with Gasteiger partial charge in [-0.2, -0.15) is 0 Å². The first-order valence-corrected chi connectivity index (χ1v) is 9.92. The molecule has 1 aliphatic rings. The van der Waals surface area contributed by atoms with E-state index < -0.39 is 17.7 Å². The van der Waals surface area contributed by atoms with E-state index in [9.17, 15) is 13.6 Å². The Hall–Kier alpha value is -3.03. The number of alkyl halides is 2. The number of guanidine groups is 1. The molecule has 0 aromatic heterocycles. The Bertz CT molecular complexity index is 893. The molecule has 0 fully saturated rings. The molecule has 0 saturated heterocycles. The number of carbonyl (C=O) groups is 1. The lowest BCUT2D eigenvalue weighted by Gasteiger charge is -2.29. The van der Waals surface area contributed by atoms with E-state index in [4.69, 9.17) is 16.9 Å². The van der Waals surface area contributed by atoms with Crippen LogP contribution in [-0.4, -0.2) is 36.5 Å². The molecule has 1 aromatic carbocycles. The van der Waals surface area contributed by atoms with Gasteiger partial charge in [-0.05, 0) is 35.6 Å². The number of hydrogen-bond acceptors (Lipinski definition) is 5. The highest BCUT2D eigenvalue weighted by molar-refractivity contribution is 6.08. The summed E-state index contributed by atoms with van der Waals surface area (Å²) < 4.78 is 25.7. The van der Waals surface area contributed by atoms with Crippen LogP contribution in [0.2, 0.25) is 0 Å². The SMILES string of the molecule is CCCC(C=N)c1cccc(C2(/C(=C/C=C(\N)C(F)F)CC)N=C(N)N(C)C2=O)c1. The van der Waals surface area contributed by atoms with Gasteiger partial charge in [0.2, 0.25) is 0 Å². The standard InChI is InChI=1S/C22H29F2N5O/c1-4-7-15(13-25)14-8-6-9-17(12-14)22(20(30)29(3)21(27)28-22)16(5-2)10-11-18(26)19(23)24/h6,8-13,15,19,25H,4-5,7,26H2,1-3H3,(H2,27,28)/b16-10+,18-11-,25-13?. The van der Waals surface area contributed by atoms with Crippen LogP contribution in [0.1, 0.15) is 50.2 Å². The predicted octanol–water partition coefficient (Wildman–Crippen LogP) is 3.65. The number of aliphatic imine (C=N–C) groups is 1. The van der Waals surface area contributed by atoms with E-state index in [0.717, 1.165) is 24.5 Å². The summed E-state index contributed by atoms with van der Waals surface area (Å²) in [5, 5.41) is 7.76. The molecule has 2 rings (SSSR count). The average molecular weight is 418 g/mol. The molecule has 0 spiro atoms. The van der Waals surface area contributed by atoms with Gasteiger partial charge >= 0.3 is 0 Å². The number of nitrogens with two attached hydrogens (primary N) is 2. The molecule has 0 saturated carbocycles. The van der Waals surface area contributed by atoms with Gasteiger partial charge < -0.3 is 16.9 Å². The van der Waals surface area contributed by atoms with E-state index in [-0.39, 0.29) is 17.8 Å². The molecule has 30 heavy (non-hydrogen) atoms. The maximum atomic E-state index is 13.3. The van der Waals surface area contributed by atoms with Gasteiger partial charge in [0.05, 0.1) is 5.70 Å². The van der Waals surface area contributed by atoms with Gasteiger partial charge in [-0.25, -0.2) is 13.8 Å². The molecule has 1 heterocycles. The molecule has 1 aliphatic heterocycles. The van der Waals surface area contributed by atoms with Crippen LogP contribution in [0.4, 0.5) is 8.78 Å². The van der Waals surface area contributed by atoms with Crippen molar-refractivity contribution in [3.63, 3.8) is 0 Å². The lowest BCUT2D eigenvalue weighted by molar-refractivity contribution is -0.129. The number of carbonyl (C=O) groups excluding carboxylic acids is 1. The summed E-state index contributed by atoms with van der Waals surface area (Å²) >= 11 is 0. The summed E-state index contributed by atoms with van der Waals surface area (Å²) in [7, 11) is 1.53. The van der Waals surface area contributed by atoms with Crippen molar-refractivity contribution in [3.8, 4) is 0 Å². The zero-order chi connectivity index (χ0) is 22.5. The third-order valence-corrected chi connectivity index (χ3v) is 5.35. The number of likely N-dealkylation sites (N-methyl/N-ethyl adjacent to an activating group) is 1. The third kappa shape index (κ3) is 4.27. The maximum absolute atomic E-state index is 13.3. The highest BCUT2D eigenvalue weighted by Crippen LogP contribution is 2.41. The summed E-state index contributed by atoms with van der Waals surface area (Å²) in [5.41, 5.74) is 11.3. The number of halogens is 2. The minimum absolute atomic E-state index is 0.0488. The van der Waals surface area contributed by atoms with Crippen molar-refractivity contribution in [2.24, 2.45) is 16.5 Å². The molecule has 1 aromatic rings. The molecule has 1 amide bonds. The highest BCUT2D eigenvalue weighted by Gasteiger charge is 2.50. The summed E-state index contributed by atoms with van der Waals surface area (Å²) in [4.78, 5) is 19.1. The Labute approximate surface area is 175 Å². The van der Waals surface area contributed by atoms with Crippen molar-refractivity contribution in [1.29, 1.82) is 5.41 Å². The summed E-state index contributed by atoms with van der Waals surface area (Å²) in [6.07, 6.45) is 3.21. The Morgan fingerprint density at radius 2 is 2.03 bits per heavy atom. The van der Waals surface area contributed by atoms with Gasteiger partial charge in [-0.3, -0.25) is 9.69 Å². The van der Waals surface area contributed by atoms with Crippen LogP contribution in [0, 0.1) is 5.41 Å². The number of hydrogen-bond donors (Lipinski definition) is 3. The summed E-state index contributed by atoms with van der Waals surface area (Å²) in [6.45, 7) is 3.86. The highest BCUT2D eigenvalue weighted by atomic mass is 19.3. The molecule has 2 atom stereocenters. The Morgan fingerprint density at radius 1 is 1.33 bits per heavy atom. The Morgan fingerprint density at radius 3 is 2.53 bits per heavy atom. The lowest BCUT2D eigenvalue weighted by Crippen LogP contribution is -2.41. The normalized spacial score (nSPS) is 21.2. The molecule has 0 bridgehead atoms. The second-order valence-electron chi connectivity index (χ2n) is 7.24. The fourth-order valence-corrected chi connectivity index (χ4v) is 3.64. The van der Waals surface area contributed by atoms with Crippen molar-refractivity contribution in [2.45, 2.75) is 51.0 Å². The molecule has 0 aliphatic carbocycles. The van der Waals surface area contributed by atoms with Crippen molar-refractivity contribution < 1.29 is 13.6 Å². The van der Waals surface area contributed by atoms with E-state index in [1.807, 2.05) is 32.0 Å². The van der Waals surface area contributed by atoms with Crippen LogP contribution in [0.25, 0.3) is 0 Å². The predicted molar refractivity (Wildman–Crippen MR) is 116 cm³/mol. The second kappa shape index (κ2) is 9.65. The number of nitrogens with zero attached hydrogens (tertiary/aromatic N) is 2. The van der Waals surface area contributed by atoms with Crippen LogP contribution in [0.3, 0.4) is 0 Å². The van der Waals surface area contributed by atoms with Gasteiger partial charge in [-0.1, -0.05) is 50.6 Å². The van der Waals surface area contributed by atoms with Gasteiger partial charge in [-0.15, -0.1) is 0 Å². The summed E-state index contributed by atoms with van der Waals surface area (Å²) in [6, 6.07) is 7.34. The van der Waals surface area contributed by atoms with Crippen molar-refractivity contribution in [1.82, 2.24) is 4.90 Å². The molecule has 0 radical (unpaired) electrons. The van der Waals surface area contributed by atoms with E-state index in [1.165, 1.54) is 24.2 Å². The molecule has 162 valence electrons. The van der Waals surface area contributed by atoms with Crippen molar-refractivity contribution in [3.05, 3.63) is 58.8 Å². The zero-order valence-corrected chi connectivity index (χ0v) is 17.5. The first-order chi connectivity index (χ1) is 14.2. The Balaban J connectivity index is 2.72. The van der Waals surface area contributed by atoms with Crippen molar-refractivity contribution in [2.75, 3.05) is 7.05 Å². The minimum atomic E-state index is -2.79. The summed E-state index contributed by atoms with van der Waals surface area (Å²) in [5.74, 6) is -0.408. The quantitative estimate of drug-likeness (QED) is 0.421. The van der Waals surface area contributed by atoms with E-state index >= 15 is 0 Å². The van der Waals surface area contributed by atoms with Crippen LogP contribution in [0.5, 0.6) is 0 Å². The lowest BCUT2D eigenvalue weighted by atomic mass is 9.79. The van der Waals surface area contributed by atoms with Crippen LogP contribution < -0.4 is 11.5 Å². The maximum Gasteiger partial charge on any atom is 0.277 e. The van der Waals surface area contributed by atoms with Gasteiger partial charge in [0.25, 0.3) is 12.3 Å². The third-order valence-electron chi connectivity index (χ3n) is 5.35. The number of nitrogens with one attached hydrogen (secondary N) is 1. The molecule has 8 heteroatoms. The minimum Gasteiger partial charge on any atom is -0.397 e. The van der Waals surface area contributed by atoms with E-state index in [1.54, 1.807) is 6.07 Å². The number of allylic oxidation sites excluding steroid dienone is 3. The topological polar surface area (TPSA) is 109 Å². The number of benzene rings is 1. The first-order valence-electron chi connectivity index (χ1n) is 9.92. The monoisotopic (exact) mass is 417 g/mol. The fraction of sp³-hybridized carbons (Fsp3) is 0.409. The van der Waals surface area contributed by atoms with Crippen molar-refractivity contribution >= 4 is 18.1 Å². The van der Waals surface area contributed by atoms with Gasteiger partial charge in [0.1, 0.15) is 0 Å².